The lowest BCUT2D eigenvalue weighted by Gasteiger charge is -2.49. The van der Waals surface area contributed by atoms with Crippen LogP contribution < -0.4 is 9.64 Å². The molecule has 0 aromatic heterocycles. The molecule has 0 spiro atoms. The van der Waals surface area contributed by atoms with E-state index in [9.17, 15) is 15.0 Å². The van der Waals surface area contributed by atoms with Gasteiger partial charge in [0, 0.05) is 12.1 Å². The maximum absolute atomic E-state index is 12.8. The van der Waals surface area contributed by atoms with Crippen LogP contribution in [0.5, 0.6) is 5.75 Å². The van der Waals surface area contributed by atoms with E-state index in [1.807, 2.05) is 54.6 Å². The van der Waals surface area contributed by atoms with Gasteiger partial charge in [0.25, 0.3) is 0 Å². The molecule has 0 aliphatic carbocycles. The van der Waals surface area contributed by atoms with Crippen molar-refractivity contribution in [2.75, 3.05) is 18.6 Å². The van der Waals surface area contributed by atoms with Crippen LogP contribution in [0.25, 0.3) is 0 Å². The van der Waals surface area contributed by atoms with Crippen molar-refractivity contribution in [2.24, 2.45) is 5.92 Å². The molecule has 0 saturated carbocycles. The zero-order valence-electron chi connectivity index (χ0n) is 14.5. The van der Waals surface area contributed by atoms with Crippen molar-refractivity contribution >= 4 is 11.6 Å². The Kier molecular flexibility index (Phi) is 5.56. The number of aliphatic hydroxyl groups is 3. The fourth-order valence-electron chi connectivity index (χ4n) is 3.42. The van der Waals surface area contributed by atoms with Crippen LogP contribution in [0, 0.1) is 5.92 Å². The van der Waals surface area contributed by atoms with Crippen LogP contribution in [-0.2, 0) is 4.79 Å². The van der Waals surface area contributed by atoms with E-state index in [0.717, 1.165) is 11.3 Å². The molecule has 26 heavy (non-hydrogen) atoms. The van der Waals surface area contributed by atoms with Crippen molar-refractivity contribution in [2.45, 2.75) is 24.7 Å². The fourth-order valence-corrected chi connectivity index (χ4v) is 3.42. The number of carbonyl (C=O) groups is 1. The van der Waals surface area contributed by atoms with Crippen LogP contribution in [0.2, 0.25) is 0 Å². The van der Waals surface area contributed by atoms with Crippen molar-refractivity contribution in [1.82, 2.24) is 0 Å². The Balaban J connectivity index is 1.92. The van der Waals surface area contributed by atoms with Crippen LogP contribution in [0.15, 0.2) is 54.6 Å². The van der Waals surface area contributed by atoms with E-state index in [4.69, 9.17) is 9.84 Å². The molecule has 1 aliphatic heterocycles. The van der Waals surface area contributed by atoms with Gasteiger partial charge < -0.3 is 25.0 Å². The van der Waals surface area contributed by atoms with E-state index < -0.39 is 24.7 Å². The predicted octanol–water partition coefficient (Wildman–Crippen LogP) is 1.50. The molecule has 2 aromatic rings. The Morgan fingerprint density at radius 1 is 1.08 bits per heavy atom. The number of carbonyl (C=O) groups excluding carboxylic acids is 1. The first kappa shape index (κ1) is 18.4. The number of anilines is 1. The largest absolute Gasteiger partial charge is 0.497 e. The quantitative estimate of drug-likeness (QED) is 0.654. The van der Waals surface area contributed by atoms with Crippen molar-refractivity contribution in [3.8, 4) is 5.75 Å². The number of para-hydroxylation sites is 1. The van der Waals surface area contributed by atoms with Gasteiger partial charge in [-0.3, -0.25) is 4.79 Å². The van der Waals surface area contributed by atoms with Gasteiger partial charge in [-0.2, -0.15) is 0 Å². The van der Waals surface area contributed by atoms with Gasteiger partial charge in [-0.05, 0) is 29.8 Å². The van der Waals surface area contributed by atoms with Crippen LogP contribution in [-0.4, -0.2) is 47.2 Å². The van der Waals surface area contributed by atoms with E-state index in [1.165, 1.54) is 0 Å². The molecule has 1 aliphatic rings. The topological polar surface area (TPSA) is 90.2 Å². The van der Waals surface area contributed by atoms with Gasteiger partial charge in [0.15, 0.2) is 0 Å². The number of hydrogen-bond donors (Lipinski definition) is 3. The molecular formula is C20H23NO5. The van der Waals surface area contributed by atoms with Crippen LogP contribution in [0.4, 0.5) is 5.69 Å². The van der Waals surface area contributed by atoms with Crippen LogP contribution >= 0.6 is 0 Å². The summed E-state index contributed by atoms with van der Waals surface area (Å²) in [4.78, 5) is 14.4. The van der Waals surface area contributed by atoms with Crippen LogP contribution in [0.1, 0.15) is 18.0 Å². The highest BCUT2D eigenvalue weighted by Crippen LogP contribution is 2.46. The molecule has 1 amide bonds. The van der Waals surface area contributed by atoms with Gasteiger partial charge in [0.1, 0.15) is 5.75 Å². The number of hydrogen-bond acceptors (Lipinski definition) is 5. The van der Waals surface area contributed by atoms with Gasteiger partial charge in [0.2, 0.25) is 5.91 Å². The van der Waals surface area contributed by atoms with E-state index >= 15 is 0 Å². The number of aliphatic hydroxyl groups excluding tert-OH is 3. The molecule has 4 atom stereocenters. The average molecular weight is 357 g/mol. The third-order valence-electron chi connectivity index (χ3n) is 4.77. The Morgan fingerprint density at radius 2 is 1.73 bits per heavy atom. The van der Waals surface area contributed by atoms with Gasteiger partial charge in [-0.1, -0.05) is 30.3 Å². The summed E-state index contributed by atoms with van der Waals surface area (Å²) in [6, 6.07) is 16.3. The number of benzene rings is 2. The van der Waals surface area contributed by atoms with Crippen molar-refractivity contribution < 1.29 is 24.9 Å². The lowest BCUT2D eigenvalue weighted by molar-refractivity contribution is -0.137. The first-order valence-corrected chi connectivity index (χ1v) is 8.56. The van der Waals surface area contributed by atoms with Crippen molar-refractivity contribution in [3.63, 3.8) is 0 Å². The number of methoxy groups -OCH3 is 1. The van der Waals surface area contributed by atoms with Gasteiger partial charge in [-0.15, -0.1) is 0 Å². The third kappa shape index (κ3) is 3.44. The molecule has 1 saturated heterocycles. The molecule has 6 heteroatoms. The molecule has 0 bridgehead atoms. The molecule has 6 nitrogen and oxygen atoms in total. The van der Waals surface area contributed by atoms with E-state index in [0.29, 0.717) is 5.75 Å². The number of β-lactam (4-membered cyclic amide) rings is 1. The summed E-state index contributed by atoms with van der Waals surface area (Å²) in [5, 5.41) is 29.2. The highest BCUT2D eigenvalue weighted by molar-refractivity contribution is 6.03. The highest BCUT2D eigenvalue weighted by atomic mass is 16.5. The van der Waals surface area contributed by atoms with E-state index in [1.54, 1.807) is 12.0 Å². The zero-order valence-corrected chi connectivity index (χ0v) is 14.5. The molecule has 0 unspecified atom stereocenters. The minimum absolute atomic E-state index is 0.0534. The maximum atomic E-state index is 12.8. The molecule has 1 heterocycles. The molecule has 2 aromatic carbocycles. The SMILES string of the molecule is COc1ccc([C@H]2[C@H]([C@H](O)C[C@H](O)CO)C(=O)N2c2ccccc2)cc1. The van der Waals surface area contributed by atoms with Crippen molar-refractivity contribution in [3.05, 3.63) is 60.2 Å². The average Bonchev–Trinajstić information content (AvgIpc) is 2.66. The first-order chi connectivity index (χ1) is 12.6. The highest BCUT2D eigenvalue weighted by Gasteiger charge is 2.52. The summed E-state index contributed by atoms with van der Waals surface area (Å²) < 4.78 is 5.18. The fraction of sp³-hybridized carbons (Fsp3) is 0.350. The summed E-state index contributed by atoms with van der Waals surface area (Å²) in [7, 11) is 1.58. The van der Waals surface area contributed by atoms with Crippen molar-refractivity contribution in [1.29, 1.82) is 0 Å². The van der Waals surface area contributed by atoms with E-state index in [2.05, 4.69) is 0 Å². The summed E-state index contributed by atoms with van der Waals surface area (Å²) in [6.07, 6.45) is -2.15. The number of rotatable bonds is 7. The molecule has 0 radical (unpaired) electrons. The minimum atomic E-state index is -1.06. The monoisotopic (exact) mass is 357 g/mol. The van der Waals surface area contributed by atoms with Gasteiger partial charge >= 0.3 is 0 Å². The first-order valence-electron chi connectivity index (χ1n) is 8.56. The minimum Gasteiger partial charge on any atom is -0.497 e. The normalized spacial score (nSPS) is 21.8. The standard InChI is InChI=1S/C20H23NO5/c1-26-16-9-7-13(8-10-16)19-18(17(24)11-15(23)12-22)20(25)21(19)14-5-3-2-4-6-14/h2-10,15,17-19,22-24H,11-12H2,1H3/t15-,17+,18-,19-/m0/s1. The maximum Gasteiger partial charge on any atom is 0.235 e. The summed E-state index contributed by atoms with van der Waals surface area (Å²) in [5.74, 6) is -0.169. The molecule has 1 fully saturated rings. The van der Waals surface area contributed by atoms with Gasteiger partial charge in [-0.25, -0.2) is 0 Å². The number of amides is 1. The Bertz CT molecular complexity index is 734. The summed E-state index contributed by atoms with van der Waals surface area (Å²) in [6.45, 7) is -0.451. The summed E-state index contributed by atoms with van der Waals surface area (Å²) in [5.41, 5.74) is 1.63. The predicted molar refractivity (Wildman–Crippen MR) is 96.9 cm³/mol. The lowest BCUT2D eigenvalue weighted by Crippen LogP contribution is -2.60. The van der Waals surface area contributed by atoms with Crippen LogP contribution in [0.3, 0.4) is 0 Å². The second-order valence-electron chi connectivity index (χ2n) is 6.43. The van der Waals surface area contributed by atoms with Gasteiger partial charge in [0.05, 0.1) is 37.9 Å². The molecular weight excluding hydrogens is 334 g/mol. The second-order valence-corrected chi connectivity index (χ2v) is 6.43. The number of nitrogens with zero attached hydrogens (tertiary/aromatic N) is 1. The Labute approximate surface area is 152 Å². The second kappa shape index (κ2) is 7.86. The molecule has 3 N–H and O–H groups in total. The summed E-state index contributed by atoms with van der Waals surface area (Å²) >= 11 is 0. The molecule has 3 rings (SSSR count). The van der Waals surface area contributed by atoms with E-state index in [-0.39, 0.29) is 18.4 Å². The zero-order chi connectivity index (χ0) is 18.7. The lowest BCUT2D eigenvalue weighted by atomic mass is 9.77. The Morgan fingerprint density at radius 3 is 2.31 bits per heavy atom. The smallest absolute Gasteiger partial charge is 0.235 e. The molecule has 138 valence electrons. The Hall–Kier alpha value is -2.41. The number of ether oxygens (including phenoxy) is 1. The third-order valence-corrected chi connectivity index (χ3v) is 4.77.